The van der Waals surface area contributed by atoms with E-state index in [9.17, 15) is 4.79 Å². The monoisotopic (exact) mass is 254 g/mol. The van der Waals surface area contributed by atoms with Crippen LogP contribution in [-0.2, 0) is 4.79 Å². The predicted molar refractivity (Wildman–Crippen MR) is 76.3 cm³/mol. The number of amides is 1. The highest BCUT2D eigenvalue weighted by molar-refractivity contribution is 5.75. The maximum atomic E-state index is 12.0. The zero-order valence-corrected chi connectivity index (χ0v) is 12.5. The van der Waals surface area contributed by atoms with Crippen LogP contribution >= 0.6 is 0 Å². The minimum atomic E-state index is 0.178. The Morgan fingerprint density at radius 2 is 2.00 bits per heavy atom. The normalized spacial score (nSPS) is 24.9. The van der Waals surface area contributed by atoms with Crippen molar-refractivity contribution in [1.82, 2.24) is 4.90 Å². The van der Waals surface area contributed by atoms with E-state index in [1.807, 2.05) is 11.9 Å². The Kier molecular flexibility index (Phi) is 5.64. The van der Waals surface area contributed by atoms with Crippen LogP contribution < -0.4 is 5.73 Å². The SMILES string of the molecule is CN(CC(C)(C)C)C(=O)CCC1CCCC(N)C1. The molecule has 106 valence electrons. The van der Waals surface area contributed by atoms with Gasteiger partial charge in [0, 0.05) is 26.1 Å². The van der Waals surface area contributed by atoms with Gasteiger partial charge < -0.3 is 10.6 Å². The van der Waals surface area contributed by atoms with Gasteiger partial charge in [0.25, 0.3) is 0 Å². The molecule has 0 saturated heterocycles. The third-order valence-corrected chi connectivity index (χ3v) is 3.73. The number of rotatable bonds is 4. The number of nitrogens with zero attached hydrogens (tertiary/aromatic N) is 1. The third kappa shape index (κ3) is 5.85. The van der Waals surface area contributed by atoms with Gasteiger partial charge in [-0.05, 0) is 30.6 Å². The van der Waals surface area contributed by atoms with E-state index >= 15 is 0 Å². The fraction of sp³-hybridized carbons (Fsp3) is 0.933. The van der Waals surface area contributed by atoms with Crippen LogP contribution in [0.1, 0.15) is 59.3 Å². The van der Waals surface area contributed by atoms with Gasteiger partial charge in [-0.2, -0.15) is 0 Å². The van der Waals surface area contributed by atoms with Crippen molar-refractivity contribution in [2.45, 2.75) is 65.3 Å². The Morgan fingerprint density at radius 3 is 2.56 bits per heavy atom. The summed E-state index contributed by atoms with van der Waals surface area (Å²) in [5.41, 5.74) is 6.16. The van der Waals surface area contributed by atoms with Crippen LogP contribution in [0.2, 0.25) is 0 Å². The second-order valence-electron chi connectivity index (χ2n) is 7.14. The molecule has 2 atom stereocenters. The molecule has 3 heteroatoms. The topological polar surface area (TPSA) is 46.3 Å². The van der Waals surface area contributed by atoms with Crippen LogP contribution in [0.25, 0.3) is 0 Å². The minimum Gasteiger partial charge on any atom is -0.345 e. The lowest BCUT2D eigenvalue weighted by atomic mass is 9.83. The molecule has 0 radical (unpaired) electrons. The quantitative estimate of drug-likeness (QED) is 0.838. The minimum absolute atomic E-state index is 0.178. The van der Waals surface area contributed by atoms with Gasteiger partial charge in [0.2, 0.25) is 5.91 Å². The molecule has 0 bridgehead atoms. The average Bonchev–Trinajstić information content (AvgIpc) is 2.23. The van der Waals surface area contributed by atoms with Crippen molar-refractivity contribution in [2.24, 2.45) is 17.1 Å². The lowest BCUT2D eigenvalue weighted by molar-refractivity contribution is -0.131. The Bertz CT molecular complexity index is 270. The summed E-state index contributed by atoms with van der Waals surface area (Å²) >= 11 is 0. The van der Waals surface area contributed by atoms with Gasteiger partial charge >= 0.3 is 0 Å². The molecule has 18 heavy (non-hydrogen) atoms. The average molecular weight is 254 g/mol. The summed E-state index contributed by atoms with van der Waals surface area (Å²) in [6.45, 7) is 7.32. The zero-order valence-electron chi connectivity index (χ0n) is 12.5. The number of carbonyl (C=O) groups excluding carboxylic acids is 1. The van der Waals surface area contributed by atoms with E-state index < -0.39 is 0 Å². The first-order valence-corrected chi connectivity index (χ1v) is 7.27. The highest BCUT2D eigenvalue weighted by Gasteiger charge is 2.22. The van der Waals surface area contributed by atoms with Crippen LogP contribution in [0.3, 0.4) is 0 Å². The molecule has 0 heterocycles. The van der Waals surface area contributed by atoms with Gasteiger partial charge in [-0.15, -0.1) is 0 Å². The summed E-state index contributed by atoms with van der Waals surface area (Å²) in [6.07, 6.45) is 6.46. The first kappa shape index (κ1) is 15.5. The standard InChI is InChI=1S/C15H30N2O/c1-15(2,3)11-17(4)14(18)9-8-12-6-5-7-13(16)10-12/h12-13H,5-11,16H2,1-4H3. The highest BCUT2D eigenvalue weighted by atomic mass is 16.2. The summed E-state index contributed by atoms with van der Waals surface area (Å²) in [7, 11) is 1.92. The molecule has 0 spiro atoms. The van der Waals surface area contributed by atoms with Gasteiger partial charge in [0.05, 0.1) is 0 Å². The van der Waals surface area contributed by atoms with Gasteiger partial charge in [0.1, 0.15) is 0 Å². The van der Waals surface area contributed by atoms with E-state index in [2.05, 4.69) is 20.8 Å². The van der Waals surface area contributed by atoms with Crippen LogP contribution in [0, 0.1) is 11.3 Å². The van der Waals surface area contributed by atoms with Crippen molar-refractivity contribution in [3.63, 3.8) is 0 Å². The van der Waals surface area contributed by atoms with Crippen LogP contribution in [0.4, 0.5) is 0 Å². The molecule has 2 unspecified atom stereocenters. The van der Waals surface area contributed by atoms with Crippen molar-refractivity contribution < 1.29 is 4.79 Å². The summed E-state index contributed by atoms with van der Waals surface area (Å²) in [5.74, 6) is 0.949. The molecule has 1 rings (SSSR count). The summed E-state index contributed by atoms with van der Waals surface area (Å²) < 4.78 is 0. The first-order valence-electron chi connectivity index (χ1n) is 7.27. The molecule has 2 N–H and O–H groups in total. The summed E-state index contributed by atoms with van der Waals surface area (Å²) in [5, 5.41) is 0. The zero-order chi connectivity index (χ0) is 13.8. The maximum absolute atomic E-state index is 12.0. The van der Waals surface area contributed by atoms with Crippen LogP contribution in [0.15, 0.2) is 0 Å². The molecular weight excluding hydrogens is 224 g/mol. The van der Waals surface area contributed by atoms with Crippen molar-refractivity contribution in [3.05, 3.63) is 0 Å². The lowest BCUT2D eigenvalue weighted by Crippen LogP contribution is -2.35. The molecular formula is C15H30N2O. The molecule has 0 aromatic rings. The van der Waals surface area contributed by atoms with E-state index in [1.54, 1.807) is 0 Å². The van der Waals surface area contributed by atoms with Crippen LogP contribution in [-0.4, -0.2) is 30.4 Å². The first-order chi connectivity index (χ1) is 8.28. The highest BCUT2D eigenvalue weighted by Crippen LogP contribution is 2.27. The Balaban J connectivity index is 2.27. The molecule has 1 aliphatic rings. The summed E-state index contributed by atoms with van der Waals surface area (Å²) in [6, 6.07) is 0.367. The van der Waals surface area contributed by atoms with Crippen molar-refractivity contribution in [2.75, 3.05) is 13.6 Å². The van der Waals surface area contributed by atoms with Crippen molar-refractivity contribution >= 4 is 5.91 Å². The third-order valence-electron chi connectivity index (χ3n) is 3.73. The number of nitrogens with two attached hydrogens (primary N) is 1. The van der Waals surface area contributed by atoms with Gasteiger partial charge in [-0.25, -0.2) is 0 Å². The van der Waals surface area contributed by atoms with Crippen molar-refractivity contribution in [3.8, 4) is 0 Å². The molecule has 0 aromatic heterocycles. The second kappa shape index (κ2) is 6.55. The van der Waals surface area contributed by atoms with E-state index in [0.29, 0.717) is 18.4 Å². The van der Waals surface area contributed by atoms with E-state index in [1.165, 1.54) is 12.8 Å². The smallest absolute Gasteiger partial charge is 0.222 e. The van der Waals surface area contributed by atoms with Gasteiger partial charge in [-0.3, -0.25) is 4.79 Å². The fourth-order valence-corrected chi connectivity index (χ4v) is 2.91. The number of hydrogen-bond acceptors (Lipinski definition) is 2. The Labute approximate surface area is 112 Å². The predicted octanol–water partition coefficient (Wildman–Crippen LogP) is 2.79. The van der Waals surface area contributed by atoms with E-state index in [0.717, 1.165) is 25.8 Å². The molecule has 0 aromatic carbocycles. The molecule has 1 aliphatic carbocycles. The largest absolute Gasteiger partial charge is 0.345 e. The van der Waals surface area contributed by atoms with Gasteiger partial charge in [0.15, 0.2) is 0 Å². The molecule has 1 amide bonds. The molecule has 1 fully saturated rings. The fourth-order valence-electron chi connectivity index (χ4n) is 2.91. The van der Waals surface area contributed by atoms with Crippen molar-refractivity contribution in [1.29, 1.82) is 0 Å². The maximum Gasteiger partial charge on any atom is 0.222 e. The van der Waals surface area contributed by atoms with Crippen LogP contribution in [0.5, 0.6) is 0 Å². The second-order valence-corrected chi connectivity index (χ2v) is 7.14. The number of carbonyl (C=O) groups is 1. The van der Waals surface area contributed by atoms with Gasteiger partial charge in [-0.1, -0.05) is 33.6 Å². The Morgan fingerprint density at radius 1 is 1.33 bits per heavy atom. The summed E-state index contributed by atoms with van der Waals surface area (Å²) in [4.78, 5) is 13.9. The molecule has 0 aliphatic heterocycles. The molecule has 1 saturated carbocycles. The lowest BCUT2D eigenvalue weighted by Gasteiger charge is -2.29. The Hall–Kier alpha value is -0.570. The van der Waals surface area contributed by atoms with E-state index in [-0.39, 0.29) is 11.3 Å². The van der Waals surface area contributed by atoms with E-state index in [4.69, 9.17) is 5.73 Å². The molecule has 3 nitrogen and oxygen atoms in total. The number of hydrogen-bond donors (Lipinski definition) is 1.